The number of esters is 1. The van der Waals surface area contributed by atoms with E-state index in [1.54, 1.807) is 12.1 Å². The SMILES string of the molecule is CC1CCC2(CC1)NC(=O)N(NC(=O)COC(=O)CCC(=O)c1ccc(Cl)s1)C2=O. The van der Waals surface area contributed by atoms with E-state index in [-0.39, 0.29) is 18.6 Å². The zero-order valence-electron chi connectivity index (χ0n) is 16.4. The van der Waals surface area contributed by atoms with Crippen molar-refractivity contribution in [1.82, 2.24) is 15.8 Å². The third kappa shape index (κ3) is 4.99. The van der Waals surface area contributed by atoms with E-state index in [1.807, 2.05) is 0 Å². The molecule has 1 aliphatic carbocycles. The van der Waals surface area contributed by atoms with Crippen LogP contribution in [0.25, 0.3) is 0 Å². The zero-order valence-corrected chi connectivity index (χ0v) is 17.9. The predicted octanol–water partition coefficient (Wildman–Crippen LogP) is 2.44. The van der Waals surface area contributed by atoms with E-state index < -0.39 is 36.0 Å². The Kier molecular flexibility index (Phi) is 6.77. The van der Waals surface area contributed by atoms with Gasteiger partial charge in [-0.3, -0.25) is 24.6 Å². The maximum absolute atomic E-state index is 12.7. The lowest BCUT2D eigenvalue weighted by molar-refractivity contribution is -0.150. The van der Waals surface area contributed by atoms with E-state index in [9.17, 15) is 24.0 Å². The van der Waals surface area contributed by atoms with Crippen LogP contribution in [-0.4, -0.2) is 46.8 Å². The number of carbonyl (C=O) groups is 5. The highest BCUT2D eigenvalue weighted by atomic mass is 35.5. The molecule has 1 spiro atoms. The largest absolute Gasteiger partial charge is 0.455 e. The molecule has 1 aromatic rings. The number of urea groups is 1. The summed E-state index contributed by atoms with van der Waals surface area (Å²) in [5.41, 5.74) is 1.21. The van der Waals surface area contributed by atoms with Gasteiger partial charge in [-0.2, -0.15) is 5.01 Å². The fourth-order valence-electron chi connectivity index (χ4n) is 3.49. The molecule has 11 heteroatoms. The number of hydrazine groups is 1. The second kappa shape index (κ2) is 9.13. The van der Waals surface area contributed by atoms with Crippen LogP contribution in [0.15, 0.2) is 12.1 Å². The average Bonchev–Trinajstić information content (AvgIpc) is 3.24. The highest BCUT2D eigenvalue weighted by Crippen LogP contribution is 2.35. The predicted molar refractivity (Wildman–Crippen MR) is 108 cm³/mol. The molecule has 0 radical (unpaired) electrons. The second-order valence-corrected chi connectivity index (χ2v) is 9.27. The Bertz CT molecular complexity index is 877. The van der Waals surface area contributed by atoms with Crippen LogP contribution in [-0.2, 0) is 19.1 Å². The minimum Gasteiger partial charge on any atom is -0.455 e. The lowest BCUT2D eigenvalue weighted by Gasteiger charge is -2.33. The van der Waals surface area contributed by atoms with Gasteiger partial charge in [-0.15, -0.1) is 11.3 Å². The first kappa shape index (κ1) is 22.2. The molecular formula is C19H22ClN3O6S. The number of hydrogen-bond donors (Lipinski definition) is 2. The van der Waals surface area contributed by atoms with E-state index in [1.165, 1.54) is 0 Å². The molecule has 0 bridgehead atoms. The van der Waals surface area contributed by atoms with Crippen LogP contribution in [0.3, 0.4) is 0 Å². The third-order valence-corrected chi connectivity index (χ3v) is 6.57. The summed E-state index contributed by atoms with van der Waals surface area (Å²) in [5.74, 6) is -1.83. The number of thiophene rings is 1. The van der Waals surface area contributed by atoms with Crippen LogP contribution in [0.4, 0.5) is 4.79 Å². The van der Waals surface area contributed by atoms with Crippen LogP contribution in [0.2, 0.25) is 4.34 Å². The highest BCUT2D eigenvalue weighted by molar-refractivity contribution is 7.18. The summed E-state index contributed by atoms with van der Waals surface area (Å²) < 4.78 is 5.31. The Balaban J connectivity index is 1.43. The number of ketones is 1. The molecule has 1 aliphatic heterocycles. The highest BCUT2D eigenvalue weighted by Gasteiger charge is 2.52. The van der Waals surface area contributed by atoms with Crippen LogP contribution < -0.4 is 10.7 Å². The van der Waals surface area contributed by atoms with Crippen molar-refractivity contribution in [2.45, 2.75) is 51.0 Å². The number of halogens is 1. The molecule has 2 N–H and O–H groups in total. The van der Waals surface area contributed by atoms with Crippen molar-refractivity contribution in [2.75, 3.05) is 6.61 Å². The zero-order chi connectivity index (χ0) is 21.9. The molecule has 2 aliphatic rings. The van der Waals surface area contributed by atoms with Gasteiger partial charge in [0.2, 0.25) is 0 Å². The summed E-state index contributed by atoms with van der Waals surface area (Å²) in [6, 6.07) is 2.47. The molecule has 3 rings (SSSR count). The number of amides is 4. The van der Waals surface area contributed by atoms with Crippen LogP contribution in [0.5, 0.6) is 0 Å². The number of nitrogens with zero attached hydrogens (tertiary/aromatic N) is 1. The van der Waals surface area contributed by atoms with Gasteiger partial charge in [0.05, 0.1) is 15.6 Å². The fraction of sp³-hybridized carbons (Fsp3) is 0.526. The van der Waals surface area contributed by atoms with E-state index in [0.29, 0.717) is 33.0 Å². The maximum atomic E-state index is 12.7. The maximum Gasteiger partial charge on any atom is 0.344 e. The first-order valence-electron chi connectivity index (χ1n) is 9.60. The summed E-state index contributed by atoms with van der Waals surface area (Å²) in [7, 11) is 0. The molecule has 1 aromatic heterocycles. The number of hydrogen-bond acceptors (Lipinski definition) is 7. The van der Waals surface area contributed by atoms with Gasteiger partial charge in [-0.1, -0.05) is 18.5 Å². The lowest BCUT2D eigenvalue weighted by atomic mass is 9.77. The summed E-state index contributed by atoms with van der Waals surface area (Å²) >= 11 is 6.89. The van der Waals surface area contributed by atoms with Crippen LogP contribution in [0.1, 0.15) is 55.1 Å². The standard InChI is InChI=1S/C19H22ClN3O6S/c1-11-6-8-19(9-7-11)17(27)23(18(28)21-19)22-15(25)10-29-16(26)5-2-12(24)13-3-4-14(20)30-13/h3-4,11H,2,5-10H2,1H3,(H,21,28)(H,22,25). The van der Waals surface area contributed by atoms with E-state index in [2.05, 4.69) is 17.7 Å². The number of carbonyl (C=O) groups excluding carboxylic acids is 5. The van der Waals surface area contributed by atoms with Crippen LogP contribution in [0, 0.1) is 5.92 Å². The minimum absolute atomic E-state index is 0.0781. The van der Waals surface area contributed by atoms with Gasteiger partial charge in [-0.05, 0) is 43.7 Å². The molecular weight excluding hydrogens is 434 g/mol. The van der Waals surface area contributed by atoms with Crippen molar-refractivity contribution in [2.24, 2.45) is 5.92 Å². The van der Waals surface area contributed by atoms with Crippen molar-refractivity contribution in [3.05, 3.63) is 21.3 Å². The Morgan fingerprint density at radius 3 is 2.60 bits per heavy atom. The van der Waals surface area contributed by atoms with Gasteiger partial charge in [0.25, 0.3) is 11.8 Å². The quantitative estimate of drug-likeness (QED) is 0.370. The first-order chi connectivity index (χ1) is 14.2. The molecule has 30 heavy (non-hydrogen) atoms. The van der Waals surface area contributed by atoms with Gasteiger partial charge in [0.15, 0.2) is 12.4 Å². The topological polar surface area (TPSA) is 122 Å². The number of Topliss-reactive ketones (excluding diaryl/α,β-unsaturated/α-hetero) is 1. The normalized spacial score (nSPS) is 23.4. The Labute approximate surface area is 182 Å². The van der Waals surface area contributed by atoms with Gasteiger partial charge in [0, 0.05) is 6.42 Å². The molecule has 9 nitrogen and oxygen atoms in total. The molecule has 0 aromatic carbocycles. The Morgan fingerprint density at radius 2 is 1.97 bits per heavy atom. The minimum atomic E-state index is -0.974. The summed E-state index contributed by atoms with van der Waals surface area (Å²) in [6.07, 6.45) is 2.37. The van der Waals surface area contributed by atoms with Gasteiger partial charge < -0.3 is 10.1 Å². The third-order valence-electron chi connectivity index (χ3n) is 5.29. The van der Waals surface area contributed by atoms with Crippen LogP contribution >= 0.6 is 22.9 Å². The summed E-state index contributed by atoms with van der Waals surface area (Å²) in [5, 5.41) is 3.33. The Morgan fingerprint density at radius 1 is 1.27 bits per heavy atom. The average molecular weight is 456 g/mol. The number of imide groups is 1. The van der Waals surface area contributed by atoms with Gasteiger partial charge >= 0.3 is 12.0 Å². The van der Waals surface area contributed by atoms with Crippen molar-refractivity contribution in [3.8, 4) is 0 Å². The van der Waals surface area contributed by atoms with Crippen molar-refractivity contribution in [1.29, 1.82) is 0 Å². The van der Waals surface area contributed by atoms with Crippen molar-refractivity contribution in [3.63, 3.8) is 0 Å². The number of ether oxygens (including phenoxy) is 1. The smallest absolute Gasteiger partial charge is 0.344 e. The van der Waals surface area contributed by atoms with E-state index in [4.69, 9.17) is 16.3 Å². The van der Waals surface area contributed by atoms with Crippen molar-refractivity contribution >= 4 is 52.5 Å². The first-order valence-corrected chi connectivity index (χ1v) is 10.8. The van der Waals surface area contributed by atoms with E-state index in [0.717, 1.165) is 24.2 Å². The molecule has 162 valence electrons. The van der Waals surface area contributed by atoms with Gasteiger partial charge in [0.1, 0.15) is 5.54 Å². The Hall–Kier alpha value is -2.46. The summed E-state index contributed by atoms with van der Waals surface area (Å²) in [4.78, 5) is 61.0. The molecule has 1 saturated heterocycles. The molecule has 0 unspecified atom stereocenters. The monoisotopic (exact) mass is 455 g/mol. The molecule has 1 saturated carbocycles. The number of rotatable bonds is 7. The van der Waals surface area contributed by atoms with Crippen molar-refractivity contribution < 1.29 is 28.7 Å². The fourth-order valence-corrected chi connectivity index (χ4v) is 4.50. The molecule has 2 heterocycles. The second-order valence-electron chi connectivity index (χ2n) is 7.56. The van der Waals surface area contributed by atoms with E-state index >= 15 is 0 Å². The molecule has 2 fully saturated rings. The number of nitrogens with one attached hydrogen (secondary N) is 2. The molecule has 0 atom stereocenters. The summed E-state index contributed by atoms with van der Waals surface area (Å²) in [6.45, 7) is 1.42. The lowest BCUT2D eigenvalue weighted by Crippen LogP contribution is -2.52. The molecule has 4 amide bonds. The van der Waals surface area contributed by atoms with Gasteiger partial charge in [-0.25, -0.2) is 4.79 Å².